The van der Waals surface area contributed by atoms with Crippen LogP contribution in [0.25, 0.3) is 0 Å². The maximum atomic E-state index is 10.2. The molecule has 0 aromatic carbocycles. The molecule has 2 unspecified atom stereocenters. The number of hydrogen-bond donors (Lipinski definition) is 0. The molecule has 0 saturated carbocycles. The first-order chi connectivity index (χ1) is 5.07. The summed E-state index contributed by atoms with van der Waals surface area (Å²) in [5.74, 6) is 2.04. The van der Waals surface area contributed by atoms with Crippen molar-refractivity contribution in [3.63, 3.8) is 0 Å². The van der Waals surface area contributed by atoms with Gasteiger partial charge in [0.25, 0.3) is 0 Å². The SMILES string of the molecule is CC(CC=O)CC(C)C(C)C. The van der Waals surface area contributed by atoms with Crippen molar-refractivity contribution in [1.29, 1.82) is 0 Å². The van der Waals surface area contributed by atoms with Crippen molar-refractivity contribution in [1.82, 2.24) is 0 Å². The molecule has 0 rings (SSSR count). The second-order valence-corrected chi connectivity index (χ2v) is 3.96. The molecule has 11 heavy (non-hydrogen) atoms. The van der Waals surface area contributed by atoms with Crippen molar-refractivity contribution in [2.75, 3.05) is 0 Å². The van der Waals surface area contributed by atoms with Gasteiger partial charge in [-0.25, -0.2) is 0 Å². The summed E-state index contributed by atoms with van der Waals surface area (Å²) in [4.78, 5) is 10.2. The van der Waals surface area contributed by atoms with Gasteiger partial charge in [-0.3, -0.25) is 0 Å². The summed E-state index contributed by atoms with van der Waals surface area (Å²) in [6.45, 7) is 8.87. The molecule has 2 atom stereocenters. The fraction of sp³-hybridized carbons (Fsp3) is 0.900. The zero-order valence-corrected chi connectivity index (χ0v) is 8.13. The Morgan fingerprint density at radius 2 is 1.73 bits per heavy atom. The number of carbonyl (C=O) groups is 1. The van der Waals surface area contributed by atoms with Crippen LogP contribution in [0.4, 0.5) is 0 Å². The third kappa shape index (κ3) is 5.00. The topological polar surface area (TPSA) is 17.1 Å². The highest BCUT2D eigenvalue weighted by Crippen LogP contribution is 2.20. The van der Waals surface area contributed by atoms with E-state index in [-0.39, 0.29) is 0 Å². The molecule has 0 amide bonds. The van der Waals surface area contributed by atoms with Crippen LogP contribution in [-0.4, -0.2) is 6.29 Å². The highest BCUT2D eigenvalue weighted by atomic mass is 16.1. The van der Waals surface area contributed by atoms with E-state index in [1.165, 1.54) is 6.42 Å². The smallest absolute Gasteiger partial charge is 0.120 e. The second kappa shape index (κ2) is 5.34. The third-order valence-corrected chi connectivity index (χ3v) is 2.41. The lowest BCUT2D eigenvalue weighted by atomic mass is 9.88. The lowest BCUT2D eigenvalue weighted by Gasteiger charge is -2.18. The third-order valence-electron chi connectivity index (χ3n) is 2.41. The number of aldehydes is 1. The van der Waals surface area contributed by atoms with Crippen LogP contribution >= 0.6 is 0 Å². The van der Waals surface area contributed by atoms with Crippen LogP contribution in [0.5, 0.6) is 0 Å². The summed E-state index contributed by atoms with van der Waals surface area (Å²) in [5, 5.41) is 0. The molecule has 66 valence electrons. The van der Waals surface area contributed by atoms with E-state index in [4.69, 9.17) is 0 Å². The van der Waals surface area contributed by atoms with Gasteiger partial charge in [-0.1, -0.05) is 27.7 Å². The monoisotopic (exact) mass is 156 g/mol. The average Bonchev–Trinajstić information content (AvgIpc) is 1.87. The van der Waals surface area contributed by atoms with Gasteiger partial charge in [0.05, 0.1) is 0 Å². The van der Waals surface area contributed by atoms with Gasteiger partial charge < -0.3 is 4.79 Å². The van der Waals surface area contributed by atoms with Crippen molar-refractivity contribution < 1.29 is 4.79 Å². The van der Waals surface area contributed by atoms with E-state index < -0.39 is 0 Å². The number of carbonyl (C=O) groups excluding carboxylic acids is 1. The van der Waals surface area contributed by atoms with Gasteiger partial charge in [-0.2, -0.15) is 0 Å². The van der Waals surface area contributed by atoms with Crippen LogP contribution in [0.1, 0.15) is 40.5 Å². The maximum absolute atomic E-state index is 10.2. The normalized spacial score (nSPS) is 16.5. The van der Waals surface area contributed by atoms with Gasteiger partial charge in [-0.15, -0.1) is 0 Å². The first-order valence-corrected chi connectivity index (χ1v) is 4.51. The fourth-order valence-corrected chi connectivity index (χ4v) is 1.17. The summed E-state index contributed by atoms with van der Waals surface area (Å²) >= 11 is 0. The molecule has 0 spiro atoms. The molecule has 0 aromatic heterocycles. The number of hydrogen-bond acceptors (Lipinski definition) is 1. The molecule has 0 aromatic rings. The van der Waals surface area contributed by atoms with E-state index in [9.17, 15) is 4.79 Å². The van der Waals surface area contributed by atoms with Crippen LogP contribution in [0.15, 0.2) is 0 Å². The highest BCUT2D eigenvalue weighted by molar-refractivity contribution is 5.49. The summed E-state index contributed by atoms with van der Waals surface area (Å²) < 4.78 is 0. The lowest BCUT2D eigenvalue weighted by molar-refractivity contribution is -0.108. The van der Waals surface area contributed by atoms with Crippen LogP contribution in [0.2, 0.25) is 0 Å². The Labute approximate surface area is 70.2 Å². The van der Waals surface area contributed by atoms with Crippen molar-refractivity contribution in [3.8, 4) is 0 Å². The minimum absolute atomic E-state index is 0.560. The minimum Gasteiger partial charge on any atom is -0.303 e. The minimum atomic E-state index is 0.560. The Balaban J connectivity index is 3.56. The highest BCUT2D eigenvalue weighted by Gasteiger charge is 2.10. The maximum Gasteiger partial charge on any atom is 0.120 e. The van der Waals surface area contributed by atoms with Gasteiger partial charge in [0.1, 0.15) is 6.29 Å². The fourth-order valence-electron chi connectivity index (χ4n) is 1.17. The van der Waals surface area contributed by atoms with E-state index in [1.807, 2.05) is 0 Å². The van der Waals surface area contributed by atoms with Gasteiger partial charge in [0, 0.05) is 6.42 Å². The standard InChI is InChI=1S/C10H20O/c1-8(2)10(4)7-9(3)5-6-11/h6,8-10H,5,7H2,1-4H3. The van der Waals surface area contributed by atoms with E-state index in [0.29, 0.717) is 5.92 Å². The quantitative estimate of drug-likeness (QED) is 0.559. The van der Waals surface area contributed by atoms with Crippen molar-refractivity contribution in [2.45, 2.75) is 40.5 Å². The predicted octanol–water partition coefficient (Wildman–Crippen LogP) is 2.89. The molecule has 1 nitrogen and oxygen atoms in total. The number of rotatable bonds is 5. The van der Waals surface area contributed by atoms with Crippen molar-refractivity contribution >= 4 is 6.29 Å². The Morgan fingerprint density at radius 3 is 2.09 bits per heavy atom. The van der Waals surface area contributed by atoms with E-state index in [2.05, 4.69) is 27.7 Å². The van der Waals surface area contributed by atoms with E-state index in [0.717, 1.165) is 24.5 Å². The molecule has 1 heteroatoms. The molecule has 0 aliphatic heterocycles. The molecule has 0 radical (unpaired) electrons. The van der Waals surface area contributed by atoms with E-state index >= 15 is 0 Å². The zero-order valence-electron chi connectivity index (χ0n) is 8.13. The Morgan fingerprint density at radius 1 is 1.18 bits per heavy atom. The van der Waals surface area contributed by atoms with Gasteiger partial charge in [-0.05, 0) is 24.2 Å². The van der Waals surface area contributed by atoms with Gasteiger partial charge in [0.15, 0.2) is 0 Å². The Hall–Kier alpha value is -0.330. The van der Waals surface area contributed by atoms with Gasteiger partial charge in [0.2, 0.25) is 0 Å². The molecule has 0 fully saturated rings. The summed E-state index contributed by atoms with van der Waals surface area (Å²) in [5.41, 5.74) is 0. The molecular weight excluding hydrogens is 136 g/mol. The van der Waals surface area contributed by atoms with Crippen molar-refractivity contribution in [3.05, 3.63) is 0 Å². The average molecular weight is 156 g/mol. The summed E-state index contributed by atoms with van der Waals surface area (Å²) in [6.07, 6.45) is 2.92. The Bertz CT molecular complexity index is 107. The first kappa shape index (κ1) is 10.7. The summed E-state index contributed by atoms with van der Waals surface area (Å²) in [7, 11) is 0. The summed E-state index contributed by atoms with van der Waals surface area (Å²) in [6, 6.07) is 0. The second-order valence-electron chi connectivity index (χ2n) is 3.96. The first-order valence-electron chi connectivity index (χ1n) is 4.51. The largest absolute Gasteiger partial charge is 0.303 e. The molecule has 0 aliphatic carbocycles. The zero-order chi connectivity index (χ0) is 8.85. The molecular formula is C10H20O. The molecule has 0 N–H and O–H groups in total. The molecule has 0 aliphatic rings. The molecule has 0 saturated heterocycles. The van der Waals surface area contributed by atoms with E-state index in [1.54, 1.807) is 0 Å². The van der Waals surface area contributed by atoms with Crippen LogP contribution < -0.4 is 0 Å². The van der Waals surface area contributed by atoms with Crippen LogP contribution in [0.3, 0.4) is 0 Å². The predicted molar refractivity (Wildman–Crippen MR) is 48.5 cm³/mol. The van der Waals surface area contributed by atoms with Crippen LogP contribution in [-0.2, 0) is 4.79 Å². The van der Waals surface area contributed by atoms with Gasteiger partial charge >= 0.3 is 0 Å². The molecule has 0 bridgehead atoms. The Kier molecular flexibility index (Phi) is 5.18. The lowest BCUT2D eigenvalue weighted by Crippen LogP contribution is -2.09. The molecule has 0 heterocycles. The van der Waals surface area contributed by atoms with Crippen LogP contribution in [0, 0.1) is 17.8 Å². The van der Waals surface area contributed by atoms with Crippen molar-refractivity contribution in [2.24, 2.45) is 17.8 Å².